The van der Waals surface area contributed by atoms with E-state index in [0.717, 1.165) is 53.6 Å². The molecule has 1 aliphatic carbocycles. The lowest BCUT2D eigenvalue weighted by molar-refractivity contribution is -0.154. The van der Waals surface area contributed by atoms with E-state index >= 15 is 0 Å². The number of ether oxygens (including phenoxy) is 1. The number of amides is 1. The number of carbonyl (C=O) groups is 2. The van der Waals surface area contributed by atoms with Crippen molar-refractivity contribution < 1.29 is 14.3 Å². The number of nitrogens with zero attached hydrogens (tertiary/aromatic N) is 2. The molecular weight excluding hydrogens is 538 g/mol. The molecule has 5 rings (SSSR count). The van der Waals surface area contributed by atoms with E-state index in [4.69, 9.17) is 4.74 Å². The van der Waals surface area contributed by atoms with Crippen LogP contribution < -0.4 is 10.9 Å². The lowest BCUT2D eigenvalue weighted by Gasteiger charge is -2.24. The van der Waals surface area contributed by atoms with E-state index in [1.807, 2.05) is 88.4 Å². The molecule has 1 amide bonds. The van der Waals surface area contributed by atoms with Gasteiger partial charge in [0.2, 0.25) is 5.91 Å². The van der Waals surface area contributed by atoms with Crippen molar-refractivity contribution in [3.63, 3.8) is 0 Å². The van der Waals surface area contributed by atoms with Gasteiger partial charge in [-0.15, -0.1) is 0 Å². The molecule has 1 aromatic heterocycles. The van der Waals surface area contributed by atoms with Crippen LogP contribution in [0.2, 0.25) is 0 Å². The van der Waals surface area contributed by atoms with Gasteiger partial charge in [0.25, 0.3) is 5.56 Å². The van der Waals surface area contributed by atoms with Gasteiger partial charge in [0.15, 0.2) is 0 Å². The standard InChI is InChI=1S/C36H41N3O4/c1-24-26(20-21-32(40)43-36(2,3)4)12-9-15-30(24)38-34(41)33(27-10-5-6-11-27)28-18-16-25(17-19-28)22-39-23-37-31-14-8-7-13-29(31)35(39)42/h7-9,12-19,23,27,33H,5-6,10-11,20-22H2,1-4H3,(H,38,41). The molecule has 1 heterocycles. The third-order valence-corrected chi connectivity index (χ3v) is 8.30. The maximum absolute atomic E-state index is 13.9. The van der Waals surface area contributed by atoms with Crippen LogP contribution >= 0.6 is 0 Å². The molecule has 3 aromatic carbocycles. The number of nitrogens with one attached hydrogen (secondary N) is 1. The Kier molecular flexibility index (Phi) is 9.09. The molecule has 0 saturated heterocycles. The van der Waals surface area contributed by atoms with Gasteiger partial charge in [-0.3, -0.25) is 19.0 Å². The zero-order valence-corrected chi connectivity index (χ0v) is 25.6. The molecule has 7 heteroatoms. The molecule has 1 fully saturated rings. The number of esters is 1. The predicted molar refractivity (Wildman–Crippen MR) is 170 cm³/mol. The number of aromatic nitrogens is 2. The second-order valence-corrected chi connectivity index (χ2v) is 12.6. The monoisotopic (exact) mass is 579 g/mol. The van der Waals surface area contributed by atoms with Crippen LogP contribution in [0.1, 0.15) is 81.0 Å². The first-order valence-electron chi connectivity index (χ1n) is 15.2. The molecule has 4 aromatic rings. The van der Waals surface area contributed by atoms with Crippen molar-refractivity contribution in [3.05, 3.63) is 106 Å². The third-order valence-electron chi connectivity index (χ3n) is 8.30. The molecule has 0 aliphatic heterocycles. The zero-order valence-electron chi connectivity index (χ0n) is 25.6. The molecule has 0 bridgehead atoms. The zero-order chi connectivity index (χ0) is 30.6. The average Bonchev–Trinajstić information content (AvgIpc) is 3.50. The molecule has 43 heavy (non-hydrogen) atoms. The molecule has 1 unspecified atom stereocenters. The van der Waals surface area contributed by atoms with Crippen molar-refractivity contribution in [2.45, 2.75) is 84.3 Å². The maximum Gasteiger partial charge on any atom is 0.306 e. The highest BCUT2D eigenvalue weighted by molar-refractivity contribution is 5.97. The molecular formula is C36H41N3O4. The molecule has 7 nitrogen and oxygen atoms in total. The SMILES string of the molecule is Cc1c(CCC(=O)OC(C)(C)C)cccc1NC(=O)C(c1ccc(Cn2cnc3ccccc3c2=O)cc1)C1CCCC1. The number of hydrogen-bond donors (Lipinski definition) is 1. The number of rotatable bonds is 9. The van der Waals surface area contributed by atoms with Crippen molar-refractivity contribution in [2.24, 2.45) is 5.92 Å². The fraction of sp³-hybridized carbons (Fsp3) is 0.389. The normalized spacial score (nSPS) is 14.5. The fourth-order valence-electron chi connectivity index (χ4n) is 6.10. The summed E-state index contributed by atoms with van der Waals surface area (Å²) in [4.78, 5) is 43.6. The smallest absolute Gasteiger partial charge is 0.306 e. The van der Waals surface area contributed by atoms with Crippen LogP contribution in [0.5, 0.6) is 0 Å². The van der Waals surface area contributed by atoms with Gasteiger partial charge < -0.3 is 10.1 Å². The van der Waals surface area contributed by atoms with Gasteiger partial charge >= 0.3 is 5.97 Å². The Morgan fingerprint density at radius 2 is 1.72 bits per heavy atom. The number of anilines is 1. The minimum Gasteiger partial charge on any atom is -0.460 e. The molecule has 1 saturated carbocycles. The number of hydrogen-bond acceptors (Lipinski definition) is 5. The van der Waals surface area contributed by atoms with Gasteiger partial charge in [-0.25, -0.2) is 4.98 Å². The molecule has 1 aliphatic rings. The van der Waals surface area contributed by atoms with Crippen molar-refractivity contribution in [1.82, 2.24) is 9.55 Å². The van der Waals surface area contributed by atoms with Crippen LogP contribution in [-0.4, -0.2) is 27.0 Å². The van der Waals surface area contributed by atoms with E-state index in [9.17, 15) is 14.4 Å². The van der Waals surface area contributed by atoms with E-state index in [-0.39, 0.29) is 35.7 Å². The average molecular weight is 580 g/mol. The third kappa shape index (κ3) is 7.39. The predicted octanol–water partition coefficient (Wildman–Crippen LogP) is 6.94. The summed E-state index contributed by atoms with van der Waals surface area (Å²) < 4.78 is 7.09. The number of para-hydroxylation sites is 1. The Balaban J connectivity index is 1.32. The van der Waals surface area contributed by atoms with Gasteiger partial charge in [-0.05, 0) is 93.3 Å². The summed E-state index contributed by atoms with van der Waals surface area (Å²) in [7, 11) is 0. The van der Waals surface area contributed by atoms with E-state index in [0.29, 0.717) is 23.9 Å². The summed E-state index contributed by atoms with van der Waals surface area (Å²) in [6.45, 7) is 7.99. The van der Waals surface area contributed by atoms with E-state index in [1.54, 1.807) is 17.0 Å². The Labute approximate surface area is 253 Å². The number of carbonyl (C=O) groups excluding carboxylic acids is 2. The van der Waals surface area contributed by atoms with Gasteiger partial charge in [0.05, 0.1) is 29.7 Å². The second-order valence-electron chi connectivity index (χ2n) is 12.6. The molecule has 224 valence electrons. The first-order chi connectivity index (χ1) is 20.6. The fourth-order valence-corrected chi connectivity index (χ4v) is 6.10. The molecule has 0 spiro atoms. The quantitative estimate of drug-likeness (QED) is 0.217. The van der Waals surface area contributed by atoms with Crippen LogP contribution in [0, 0.1) is 12.8 Å². The summed E-state index contributed by atoms with van der Waals surface area (Å²) in [6, 6.07) is 21.3. The van der Waals surface area contributed by atoms with Gasteiger partial charge in [0.1, 0.15) is 5.60 Å². The maximum atomic E-state index is 13.9. The summed E-state index contributed by atoms with van der Waals surface area (Å²) in [5.74, 6) is -0.241. The summed E-state index contributed by atoms with van der Waals surface area (Å²) in [6.07, 6.45) is 6.73. The van der Waals surface area contributed by atoms with E-state index < -0.39 is 5.60 Å². The summed E-state index contributed by atoms with van der Waals surface area (Å²) >= 11 is 0. The molecule has 1 atom stereocenters. The van der Waals surface area contributed by atoms with Crippen LogP contribution in [0.3, 0.4) is 0 Å². The van der Waals surface area contributed by atoms with Gasteiger partial charge in [0, 0.05) is 12.1 Å². The Bertz CT molecular complexity index is 1660. The lowest BCUT2D eigenvalue weighted by atomic mass is 9.83. The van der Waals surface area contributed by atoms with Crippen LogP contribution in [0.25, 0.3) is 10.9 Å². The van der Waals surface area contributed by atoms with Crippen molar-refractivity contribution in [1.29, 1.82) is 0 Å². The molecule has 0 radical (unpaired) electrons. The minimum absolute atomic E-state index is 0.0120. The largest absolute Gasteiger partial charge is 0.460 e. The molecule has 1 N–H and O–H groups in total. The highest BCUT2D eigenvalue weighted by Gasteiger charge is 2.32. The van der Waals surface area contributed by atoms with Crippen LogP contribution in [-0.2, 0) is 27.3 Å². The topological polar surface area (TPSA) is 90.3 Å². The van der Waals surface area contributed by atoms with Gasteiger partial charge in [-0.2, -0.15) is 0 Å². The van der Waals surface area contributed by atoms with Crippen LogP contribution in [0.4, 0.5) is 5.69 Å². The summed E-state index contributed by atoms with van der Waals surface area (Å²) in [5, 5.41) is 3.82. The minimum atomic E-state index is -0.513. The first kappa shape index (κ1) is 30.2. The number of fused-ring (bicyclic) bond motifs is 1. The van der Waals surface area contributed by atoms with Crippen LogP contribution in [0.15, 0.2) is 77.9 Å². The van der Waals surface area contributed by atoms with Gasteiger partial charge in [-0.1, -0.05) is 61.4 Å². The Morgan fingerprint density at radius 1 is 1.00 bits per heavy atom. The van der Waals surface area contributed by atoms with Crippen molar-refractivity contribution in [2.75, 3.05) is 5.32 Å². The van der Waals surface area contributed by atoms with E-state index in [2.05, 4.69) is 10.3 Å². The second kappa shape index (κ2) is 12.9. The highest BCUT2D eigenvalue weighted by atomic mass is 16.6. The number of aryl methyl sites for hydroxylation is 1. The number of benzene rings is 3. The summed E-state index contributed by atoms with van der Waals surface area (Å²) in [5.41, 5.74) is 4.82. The Morgan fingerprint density at radius 3 is 2.44 bits per heavy atom. The van der Waals surface area contributed by atoms with Crippen molar-refractivity contribution >= 4 is 28.5 Å². The first-order valence-corrected chi connectivity index (χ1v) is 15.2. The van der Waals surface area contributed by atoms with Crippen molar-refractivity contribution in [3.8, 4) is 0 Å². The highest BCUT2D eigenvalue weighted by Crippen LogP contribution is 2.38. The lowest BCUT2D eigenvalue weighted by Crippen LogP contribution is -2.27. The van der Waals surface area contributed by atoms with E-state index in [1.165, 1.54) is 0 Å². The Hall–Kier alpha value is -4.26.